The van der Waals surface area contributed by atoms with E-state index >= 15 is 0 Å². The fourth-order valence-electron chi connectivity index (χ4n) is 7.90. The minimum absolute atomic E-state index is 0.792. The molecule has 0 unspecified atom stereocenters. The Morgan fingerprint density at radius 1 is 0.457 bits per heavy atom. The van der Waals surface area contributed by atoms with Crippen LogP contribution in [0.2, 0.25) is 0 Å². The van der Waals surface area contributed by atoms with Gasteiger partial charge in [-0.25, -0.2) is 15.0 Å². The molecule has 0 saturated carbocycles. The Bertz CT molecular complexity index is 1520. The molecular weight excluding hydrogens is 558 g/mol. The van der Waals surface area contributed by atoms with Crippen LogP contribution in [0.1, 0.15) is 136 Å². The molecule has 242 valence electrons. The van der Waals surface area contributed by atoms with Crippen molar-refractivity contribution < 1.29 is 0 Å². The first-order chi connectivity index (χ1) is 22.6. The number of fused-ring (bicyclic) bond motifs is 2. The molecule has 0 amide bonds. The average Bonchev–Trinajstić information content (AvgIpc) is 3.10. The molecule has 0 aliphatic heterocycles. The minimum Gasteiger partial charge on any atom is -0.208 e. The maximum Gasteiger partial charge on any atom is 0.164 e. The summed E-state index contributed by atoms with van der Waals surface area (Å²) in [6.45, 7) is 6.81. The van der Waals surface area contributed by atoms with E-state index in [0.29, 0.717) is 0 Å². The molecule has 0 atom stereocenters. The molecule has 0 spiro atoms. The highest BCUT2D eigenvalue weighted by Crippen LogP contribution is 2.36. The summed E-state index contributed by atoms with van der Waals surface area (Å²) in [5.41, 5.74) is 13.6. The Hall–Kier alpha value is -3.33. The molecule has 6 rings (SSSR count). The molecule has 1 heterocycles. The second kappa shape index (κ2) is 16.0. The quantitative estimate of drug-likeness (QED) is 0.133. The van der Waals surface area contributed by atoms with Crippen LogP contribution in [0.25, 0.3) is 34.2 Å². The van der Waals surface area contributed by atoms with Crippen molar-refractivity contribution in [1.82, 2.24) is 15.0 Å². The van der Waals surface area contributed by atoms with Gasteiger partial charge in [0, 0.05) is 16.7 Å². The Kier molecular flexibility index (Phi) is 11.3. The molecule has 1 aromatic heterocycles. The first kappa shape index (κ1) is 32.6. The summed E-state index contributed by atoms with van der Waals surface area (Å²) in [5, 5.41) is 0. The summed E-state index contributed by atoms with van der Waals surface area (Å²) < 4.78 is 0. The largest absolute Gasteiger partial charge is 0.208 e. The Balaban J connectivity index is 1.24. The topological polar surface area (TPSA) is 38.7 Å². The zero-order valence-electron chi connectivity index (χ0n) is 28.9. The lowest BCUT2D eigenvalue weighted by atomic mass is 9.84. The fraction of sp³-hybridized carbons (Fsp3) is 0.512. The van der Waals surface area contributed by atoms with Crippen LogP contribution in [0, 0.1) is 13.8 Å². The number of rotatable bonds is 14. The molecular formula is C43H55N3. The lowest BCUT2D eigenvalue weighted by molar-refractivity contribution is 0.556. The molecule has 0 N–H and O–H groups in total. The highest BCUT2D eigenvalue weighted by molar-refractivity contribution is 5.72. The maximum atomic E-state index is 5.26. The Morgan fingerprint density at radius 2 is 0.891 bits per heavy atom. The maximum absolute atomic E-state index is 5.26. The first-order valence-electron chi connectivity index (χ1n) is 18.7. The van der Waals surface area contributed by atoms with Gasteiger partial charge in [-0.05, 0) is 117 Å². The van der Waals surface area contributed by atoms with Crippen molar-refractivity contribution in [2.75, 3.05) is 0 Å². The van der Waals surface area contributed by atoms with Crippen LogP contribution in [-0.2, 0) is 32.1 Å². The highest BCUT2D eigenvalue weighted by atomic mass is 15.0. The zero-order valence-corrected chi connectivity index (χ0v) is 28.9. The van der Waals surface area contributed by atoms with Crippen molar-refractivity contribution in [2.45, 2.75) is 143 Å². The third-order valence-electron chi connectivity index (χ3n) is 10.7. The highest BCUT2D eigenvalue weighted by Gasteiger charge is 2.22. The molecule has 3 heteroatoms. The average molecular weight is 614 g/mol. The molecule has 0 fully saturated rings. The normalized spacial score (nSPS) is 14.2. The van der Waals surface area contributed by atoms with Gasteiger partial charge < -0.3 is 0 Å². The number of benzene rings is 3. The van der Waals surface area contributed by atoms with Crippen LogP contribution < -0.4 is 0 Å². The molecule has 3 aromatic carbocycles. The number of unbranched alkanes of at least 4 members (excludes halogenated alkanes) is 9. The van der Waals surface area contributed by atoms with Crippen molar-refractivity contribution in [3.63, 3.8) is 0 Å². The first-order valence-corrected chi connectivity index (χ1v) is 18.7. The van der Waals surface area contributed by atoms with E-state index in [2.05, 4.69) is 69.3 Å². The number of hydrogen-bond donors (Lipinski definition) is 0. The van der Waals surface area contributed by atoms with E-state index < -0.39 is 0 Å². The second-order valence-electron chi connectivity index (χ2n) is 14.1. The molecule has 46 heavy (non-hydrogen) atoms. The van der Waals surface area contributed by atoms with E-state index in [1.54, 1.807) is 0 Å². The van der Waals surface area contributed by atoms with Crippen molar-refractivity contribution in [3.05, 3.63) is 87.5 Å². The second-order valence-corrected chi connectivity index (χ2v) is 14.1. The van der Waals surface area contributed by atoms with Crippen LogP contribution in [0.5, 0.6) is 0 Å². The molecule has 4 aromatic rings. The number of hydrogen-bond acceptors (Lipinski definition) is 3. The van der Waals surface area contributed by atoms with Gasteiger partial charge in [0.2, 0.25) is 0 Å². The number of nitrogens with zero attached hydrogens (tertiary/aromatic N) is 3. The molecule has 3 nitrogen and oxygen atoms in total. The smallest absolute Gasteiger partial charge is 0.164 e. The summed E-state index contributed by atoms with van der Waals surface area (Å²) in [7, 11) is 0. The third kappa shape index (κ3) is 7.79. The van der Waals surface area contributed by atoms with Crippen molar-refractivity contribution >= 4 is 0 Å². The van der Waals surface area contributed by atoms with Crippen LogP contribution >= 0.6 is 0 Å². The van der Waals surface area contributed by atoms with Gasteiger partial charge in [-0.1, -0.05) is 113 Å². The Labute approximate surface area is 278 Å². The van der Waals surface area contributed by atoms with Crippen LogP contribution in [-0.4, -0.2) is 15.0 Å². The van der Waals surface area contributed by atoms with Gasteiger partial charge in [0.25, 0.3) is 0 Å². The van der Waals surface area contributed by atoms with E-state index in [4.69, 9.17) is 15.0 Å². The molecule has 0 bridgehead atoms. The molecule has 0 saturated heterocycles. The standard InChI is InChI=1S/C43H55N3/c1-4-5-6-7-8-9-10-11-12-13-18-33-25-27-34(28-26-33)41-44-42(39-29-23-31(2)35-19-14-16-21-37(35)39)46-43(45-41)40-30-24-32(3)36-20-15-17-22-38(36)40/h23-30H,4-22H2,1-3H3. The summed E-state index contributed by atoms with van der Waals surface area (Å²) in [6.07, 6.45) is 24.5. The van der Waals surface area contributed by atoms with Gasteiger partial charge in [-0.15, -0.1) is 0 Å². The number of aryl methyl sites for hydroxylation is 3. The fourth-order valence-corrected chi connectivity index (χ4v) is 7.90. The lowest BCUT2D eigenvalue weighted by Gasteiger charge is -2.23. The summed E-state index contributed by atoms with van der Waals surface area (Å²) >= 11 is 0. The van der Waals surface area contributed by atoms with Crippen molar-refractivity contribution in [1.29, 1.82) is 0 Å². The van der Waals surface area contributed by atoms with E-state index in [0.717, 1.165) is 55.1 Å². The van der Waals surface area contributed by atoms with Crippen molar-refractivity contribution in [2.24, 2.45) is 0 Å². The zero-order chi connectivity index (χ0) is 31.7. The lowest BCUT2D eigenvalue weighted by Crippen LogP contribution is -2.10. The van der Waals surface area contributed by atoms with Crippen LogP contribution in [0.3, 0.4) is 0 Å². The Morgan fingerprint density at radius 3 is 1.39 bits per heavy atom. The third-order valence-corrected chi connectivity index (χ3v) is 10.7. The predicted octanol–water partition coefficient (Wildman–Crippen LogP) is 11.7. The van der Waals surface area contributed by atoms with E-state index in [9.17, 15) is 0 Å². The summed E-state index contributed by atoms with van der Waals surface area (Å²) in [6, 6.07) is 18.2. The van der Waals surface area contributed by atoms with Crippen LogP contribution in [0.15, 0.2) is 48.5 Å². The monoisotopic (exact) mass is 613 g/mol. The van der Waals surface area contributed by atoms with Gasteiger partial charge >= 0.3 is 0 Å². The predicted molar refractivity (Wildman–Crippen MR) is 194 cm³/mol. The SMILES string of the molecule is CCCCCCCCCCCCc1ccc(-c2nc(-c3ccc(C)c4c3CCCC4)nc(-c3ccc(C)c4c3CCCC4)n2)cc1. The minimum atomic E-state index is 0.792. The van der Waals surface area contributed by atoms with E-state index in [-0.39, 0.29) is 0 Å². The van der Waals surface area contributed by atoms with E-state index in [1.807, 2.05) is 0 Å². The molecule has 0 radical (unpaired) electrons. The van der Waals surface area contributed by atoms with Gasteiger partial charge in [0.05, 0.1) is 0 Å². The molecule has 2 aliphatic rings. The molecule has 2 aliphatic carbocycles. The van der Waals surface area contributed by atoms with Gasteiger partial charge in [0.1, 0.15) is 0 Å². The van der Waals surface area contributed by atoms with E-state index in [1.165, 1.54) is 140 Å². The van der Waals surface area contributed by atoms with Gasteiger partial charge in [-0.2, -0.15) is 0 Å². The van der Waals surface area contributed by atoms with Gasteiger partial charge in [0.15, 0.2) is 17.5 Å². The number of aromatic nitrogens is 3. The van der Waals surface area contributed by atoms with Crippen LogP contribution in [0.4, 0.5) is 0 Å². The van der Waals surface area contributed by atoms with Gasteiger partial charge in [-0.3, -0.25) is 0 Å². The summed E-state index contributed by atoms with van der Waals surface area (Å²) in [5.74, 6) is 2.45. The summed E-state index contributed by atoms with van der Waals surface area (Å²) in [4.78, 5) is 15.7. The van der Waals surface area contributed by atoms with Crippen molar-refractivity contribution in [3.8, 4) is 34.2 Å².